The zero-order chi connectivity index (χ0) is 21.3. The van der Waals surface area contributed by atoms with Gasteiger partial charge in [-0.25, -0.2) is 4.90 Å². The van der Waals surface area contributed by atoms with E-state index in [4.69, 9.17) is 16.3 Å². The van der Waals surface area contributed by atoms with Crippen molar-refractivity contribution >= 4 is 40.4 Å². The largest absolute Gasteiger partial charge is 0.495 e. The molecule has 150 valence electrons. The summed E-state index contributed by atoms with van der Waals surface area (Å²) in [5.74, 6) is -0.438. The van der Waals surface area contributed by atoms with Crippen LogP contribution in [0.5, 0.6) is 5.75 Å². The van der Waals surface area contributed by atoms with E-state index in [1.54, 1.807) is 48.5 Å². The average Bonchev–Trinajstić information content (AvgIpc) is 3.01. The van der Waals surface area contributed by atoms with Crippen LogP contribution in [0.2, 0.25) is 5.02 Å². The Hall–Kier alpha value is -3.57. The molecular weight excluding hydrogens is 400 g/mol. The van der Waals surface area contributed by atoms with E-state index in [0.29, 0.717) is 33.3 Å². The third-order valence-electron chi connectivity index (χ3n) is 5.00. The molecule has 0 radical (unpaired) electrons. The molecule has 1 N–H and O–H groups in total. The van der Waals surface area contributed by atoms with Crippen molar-refractivity contribution in [3.8, 4) is 5.75 Å². The van der Waals surface area contributed by atoms with Crippen molar-refractivity contribution in [1.29, 1.82) is 0 Å². The molecule has 1 aliphatic rings. The second-order valence-electron chi connectivity index (χ2n) is 6.77. The highest BCUT2D eigenvalue weighted by Gasteiger charge is 2.41. The van der Waals surface area contributed by atoms with Gasteiger partial charge in [-0.1, -0.05) is 60.1 Å². The van der Waals surface area contributed by atoms with Gasteiger partial charge in [0, 0.05) is 10.7 Å². The number of hydrogen-bond acceptors (Lipinski definition) is 4. The molecule has 3 aromatic rings. The van der Waals surface area contributed by atoms with E-state index >= 15 is 0 Å². The lowest BCUT2D eigenvalue weighted by molar-refractivity contribution is -0.120. The van der Waals surface area contributed by atoms with Gasteiger partial charge in [-0.2, -0.15) is 0 Å². The fraction of sp³-hybridized carbons (Fsp3) is 0.0833. The van der Waals surface area contributed by atoms with E-state index < -0.39 is 11.8 Å². The number of imide groups is 1. The van der Waals surface area contributed by atoms with Crippen LogP contribution in [0.4, 0.5) is 11.4 Å². The van der Waals surface area contributed by atoms with E-state index in [-0.39, 0.29) is 5.70 Å². The molecular formula is C24H19ClN2O3. The van der Waals surface area contributed by atoms with Crippen LogP contribution in [0.3, 0.4) is 0 Å². The second-order valence-corrected chi connectivity index (χ2v) is 7.18. The van der Waals surface area contributed by atoms with Crippen molar-refractivity contribution in [1.82, 2.24) is 0 Å². The molecule has 1 heterocycles. The maximum Gasteiger partial charge on any atom is 0.282 e. The Labute approximate surface area is 179 Å². The van der Waals surface area contributed by atoms with Crippen LogP contribution in [-0.4, -0.2) is 18.9 Å². The van der Waals surface area contributed by atoms with Crippen molar-refractivity contribution in [2.24, 2.45) is 0 Å². The van der Waals surface area contributed by atoms with Gasteiger partial charge in [0.1, 0.15) is 11.4 Å². The normalized spacial score (nSPS) is 13.8. The number of ether oxygens (including phenoxy) is 1. The smallest absolute Gasteiger partial charge is 0.282 e. The SMILES string of the molecule is COc1ccccc1N1C(=O)C(Nc2cccc(Cl)c2C)=C(c2ccccc2)C1=O. The number of hydrogen-bond donors (Lipinski definition) is 1. The lowest BCUT2D eigenvalue weighted by atomic mass is 10.0. The number of rotatable bonds is 5. The molecule has 2 amide bonds. The molecule has 0 aliphatic carbocycles. The summed E-state index contributed by atoms with van der Waals surface area (Å²) in [5.41, 5.74) is 2.98. The van der Waals surface area contributed by atoms with Crippen molar-refractivity contribution in [3.63, 3.8) is 0 Å². The van der Waals surface area contributed by atoms with E-state index in [1.165, 1.54) is 7.11 Å². The number of benzene rings is 3. The van der Waals surface area contributed by atoms with Crippen LogP contribution in [0, 0.1) is 6.92 Å². The predicted octanol–water partition coefficient (Wildman–Crippen LogP) is 5.05. The number of carbonyl (C=O) groups is 2. The Morgan fingerprint density at radius 3 is 2.30 bits per heavy atom. The summed E-state index contributed by atoms with van der Waals surface area (Å²) < 4.78 is 5.38. The van der Waals surface area contributed by atoms with Crippen LogP contribution in [0.1, 0.15) is 11.1 Å². The van der Waals surface area contributed by atoms with Crippen LogP contribution in [-0.2, 0) is 9.59 Å². The minimum atomic E-state index is -0.456. The molecule has 0 saturated heterocycles. The minimum absolute atomic E-state index is 0.197. The molecule has 1 aliphatic heterocycles. The second kappa shape index (κ2) is 8.05. The molecule has 0 bridgehead atoms. The first-order valence-corrected chi connectivity index (χ1v) is 9.74. The topological polar surface area (TPSA) is 58.6 Å². The quantitative estimate of drug-likeness (QED) is 0.589. The molecule has 0 fully saturated rings. The Balaban J connectivity index is 1.86. The van der Waals surface area contributed by atoms with Gasteiger partial charge in [-0.05, 0) is 42.3 Å². The highest BCUT2D eigenvalue weighted by molar-refractivity contribution is 6.46. The molecule has 30 heavy (non-hydrogen) atoms. The summed E-state index contributed by atoms with van der Waals surface area (Å²) in [6.07, 6.45) is 0. The average molecular weight is 419 g/mol. The van der Waals surface area contributed by atoms with Crippen LogP contribution in [0.25, 0.3) is 5.57 Å². The van der Waals surface area contributed by atoms with Crippen molar-refractivity contribution in [2.45, 2.75) is 6.92 Å². The van der Waals surface area contributed by atoms with Crippen LogP contribution < -0.4 is 15.0 Å². The summed E-state index contributed by atoms with van der Waals surface area (Å²) in [6, 6.07) is 21.4. The highest BCUT2D eigenvalue weighted by Crippen LogP contribution is 2.38. The van der Waals surface area contributed by atoms with Gasteiger partial charge < -0.3 is 10.1 Å². The molecule has 0 aromatic heterocycles. The third kappa shape index (κ3) is 3.33. The Morgan fingerprint density at radius 2 is 1.57 bits per heavy atom. The van der Waals surface area contributed by atoms with Crippen LogP contribution >= 0.6 is 11.6 Å². The van der Waals surface area contributed by atoms with Crippen molar-refractivity contribution in [3.05, 3.63) is 94.6 Å². The number of carbonyl (C=O) groups excluding carboxylic acids is 2. The monoisotopic (exact) mass is 418 g/mol. The number of anilines is 2. The van der Waals surface area contributed by atoms with E-state index in [0.717, 1.165) is 10.5 Å². The standard InChI is InChI=1S/C24H19ClN2O3/c1-15-17(25)11-8-12-18(15)26-22-21(16-9-4-3-5-10-16)23(28)27(24(22)29)19-13-6-7-14-20(19)30-2/h3-14,26H,1-2H3. The highest BCUT2D eigenvalue weighted by atomic mass is 35.5. The molecule has 0 atom stereocenters. The van der Waals surface area contributed by atoms with Gasteiger partial charge in [0.05, 0.1) is 18.4 Å². The molecule has 6 heteroatoms. The fourth-order valence-corrected chi connectivity index (χ4v) is 3.60. The number of halogens is 1. The van der Waals surface area contributed by atoms with Crippen molar-refractivity contribution < 1.29 is 14.3 Å². The summed E-state index contributed by atoms with van der Waals surface area (Å²) in [6.45, 7) is 1.85. The first-order valence-electron chi connectivity index (χ1n) is 9.36. The van der Waals surface area contributed by atoms with Crippen molar-refractivity contribution in [2.75, 3.05) is 17.3 Å². The number of amides is 2. The van der Waals surface area contributed by atoms with Gasteiger partial charge in [-0.3, -0.25) is 9.59 Å². The molecule has 3 aromatic carbocycles. The lowest BCUT2D eigenvalue weighted by Crippen LogP contribution is -2.32. The Morgan fingerprint density at radius 1 is 0.867 bits per heavy atom. The number of methoxy groups -OCH3 is 1. The maximum atomic E-state index is 13.5. The molecule has 0 saturated carbocycles. The summed E-state index contributed by atoms with van der Waals surface area (Å²) >= 11 is 6.25. The summed E-state index contributed by atoms with van der Waals surface area (Å²) in [4.78, 5) is 28.1. The van der Waals surface area contributed by atoms with Gasteiger partial charge in [0.25, 0.3) is 11.8 Å². The van der Waals surface area contributed by atoms with Gasteiger partial charge in [0.15, 0.2) is 0 Å². The van der Waals surface area contributed by atoms with Gasteiger partial charge in [-0.15, -0.1) is 0 Å². The molecule has 0 unspecified atom stereocenters. The zero-order valence-corrected chi connectivity index (χ0v) is 17.2. The molecule has 4 rings (SSSR count). The first kappa shape index (κ1) is 19.7. The Bertz CT molecular complexity index is 1170. The lowest BCUT2D eigenvalue weighted by Gasteiger charge is -2.18. The number of nitrogens with zero attached hydrogens (tertiary/aromatic N) is 1. The third-order valence-corrected chi connectivity index (χ3v) is 5.41. The first-order chi connectivity index (χ1) is 14.5. The summed E-state index contributed by atoms with van der Waals surface area (Å²) in [7, 11) is 1.50. The van der Waals surface area contributed by atoms with E-state index in [1.807, 2.05) is 31.2 Å². The molecule has 5 nitrogen and oxygen atoms in total. The summed E-state index contributed by atoms with van der Waals surface area (Å²) in [5, 5.41) is 3.73. The van der Waals surface area contributed by atoms with E-state index in [2.05, 4.69) is 5.32 Å². The minimum Gasteiger partial charge on any atom is -0.495 e. The van der Waals surface area contributed by atoms with E-state index in [9.17, 15) is 9.59 Å². The Kier molecular flexibility index (Phi) is 5.29. The van der Waals surface area contributed by atoms with Crippen LogP contribution in [0.15, 0.2) is 78.5 Å². The molecule has 0 spiro atoms. The number of para-hydroxylation sites is 2. The van der Waals surface area contributed by atoms with Gasteiger partial charge >= 0.3 is 0 Å². The fourth-order valence-electron chi connectivity index (χ4n) is 3.43. The maximum absolute atomic E-state index is 13.5. The zero-order valence-electron chi connectivity index (χ0n) is 16.5. The van der Waals surface area contributed by atoms with Gasteiger partial charge in [0.2, 0.25) is 0 Å². The predicted molar refractivity (Wildman–Crippen MR) is 119 cm³/mol. The number of nitrogens with one attached hydrogen (secondary N) is 1.